The highest BCUT2D eigenvalue weighted by atomic mass is 16.5. The molecule has 0 saturated heterocycles. The van der Waals surface area contributed by atoms with Crippen molar-refractivity contribution in [2.75, 3.05) is 7.11 Å². The molecule has 0 amide bonds. The monoisotopic (exact) mass is 256 g/mol. The van der Waals surface area contributed by atoms with E-state index in [1.807, 2.05) is 36.4 Å². The SMILES string of the molecule is COC(=O)CC(C)C(=O)c1ccc2ccccc2c1. The van der Waals surface area contributed by atoms with Gasteiger partial charge in [0.25, 0.3) is 0 Å². The van der Waals surface area contributed by atoms with Crippen molar-refractivity contribution in [3.8, 4) is 0 Å². The minimum Gasteiger partial charge on any atom is -0.469 e. The van der Waals surface area contributed by atoms with Crippen LogP contribution < -0.4 is 0 Å². The van der Waals surface area contributed by atoms with Gasteiger partial charge in [0.05, 0.1) is 13.5 Å². The highest BCUT2D eigenvalue weighted by Crippen LogP contribution is 2.19. The Hall–Kier alpha value is -2.16. The van der Waals surface area contributed by atoms with Crippen molar-refractivity contribution in [2.24, 2.45) is 5.92 Å². The Bertz CT molecular complexity index is 616. The first-order chi connectivity index (χ1) is 9.11. The van der Waals surface area contributed by atoms with Crippen LogP contribution in [0.3, 0.4) is 0 Å². The molecule has 0 heterocycles. The molecule has 1 atom stereocenters. The van der Waals surface area contributed by atoms with E-state index < -0.39 is 0 Å². The summed E-state index contributed by atoms with van der Waals surface area (Å²) in [6.07, 6.45) is 0.113. The van der Waals surface area contributed by atoms with Crippen molar-refractivity contribution in [3.63, 3.8) is 0 Å². The van der Waals surface area contributed by atoms with Gasteiger partial charge < -0.3 is 4.74 Å². The third-order valence-corrected chi connectivity index (χ3v) is 3.18. The molecule has 2 aromatic carbocycles. The average molecular weight is 256 g/mol. The summed E-state index contributed by atoms with van der Waals surface area (Å²) in [5, 5.41) is 2.12. The second kappa shape index (κ2) is 5.65. The maximum Gasteiger partial charge on any atom is 0.306 e. The van der Waals surface area contributed by atoms with Crippen molar-refractivity contribution >= 4 is 22.5 Å². The molecule has 0 bridgehead atoms. The molecule has 0 aromatic heterocycles. The molecule has 0 N–H and O–H groups in total. The van der Waals surface area contributed by atoms with Crippen LogP contribution in [0.25, 0.3) is 10.8 Å². The number of ketones is 1. The number of rotatable bonds is 4. The number of esters is 1. The van der Waals surface area contributed by atoms with E-state index >= 15 is 0 Å². The summed E-state index contributed by atoms with van der Waals surface area (Å²) in [7, 11) is 1.33. The fourth-order valence-corrected chi connectivity index (χ4v) is 2.05. The van der Waals surface area contributed by atoms with E-state index in [2.05, 4.69) is 4.74 Å². The van der Waals surface area contributed by atoms with E-state index in [-0.39, 0.29) is 24.1 Å². The third-order valence-electron chi connectivity index (χ3n) is 3.18. The van der Waals surface area contributed by atoms with Crippen LogP contribution in [0.2, 0.25) is 0 Å². The van der Waals surface area contributed by atoms with Crippen LogP contribution in [-0.2, 0) is 9.53 Å². The number of fused-ring (bicyclic) bond motifs is 1. The van der Waals surface area contributed by atoms with Gasteiger partial charge >= 0.3 is 5.97 Å². The maximum atomic E-state index is 12.2. The quantitative estimate of drug-likeness (QED) is 0.623. The highest BCUT2D eigenvalue weighted by molar-refractivity contribution is 6.02. The molecule has 0 spiro atoms. The first kappa shape index (κ1) is 13.3. The van der Waals surface area contributed by atoms with Crippen LogP contribution in [0.15, 0.2) is 42.5 Å². The number of methoxy groups -OCH3 is 1. The van der Waals surface area contributed by atoms with E-state index in [0.29, 0.717) is 5.56 Å². The number of hydrogen-bond donors (Lipinski definition) is 0. The number of carbonyl (C=O) groups excluding carboxylic acids is 2. The smallest absolute Gasteiger partial charge is 0.306 e. The molecule has 2 rings (SSSR count). The van der Waals surface area contributed by atoms with Crippen LogP contribution in [0.1, 0.15) is 23.7 Å². The standard InChI is InChI=1S/C16H16O3/c1-11(9-15(17)19-2)16(18)14-8-7-12-5-3-4-6-13(12)10-14/h3-8,10-11H,9H2,1-2H3. The van der Waals surface area contributed by atoms with Gasteiger partial charge in [0.15, 0.2) is 5.78 Å². The van der Waals surface area contributed by atoms with E-state index in [9.17, 15) is 9.59 Å². The molecular weight excluding hydrogens is 240 g/mol. The van der Waals surface area contributed by atoms with Gasteiger partial charge in [-0.2, -0.15) is 0 Å². The van der Waals surface area contributed by atoms with Crippen LogP contribution in [0, 0.1) is 5.92 Å². The summed E-state index contributed by atoms with van der Waals surface area (Å²) in [6.45, 7) is 1.74. The van der Waals surface area contributed by atoms with Crippen molar-refractivity contribution in [1.82, 2.24) is 0 Å². The van der Waals surface area contributed by atoms with Crippen LogP contribution in [0.5, 0.6) is 0 Å². The Balaban J connectivity index is 2.23. The van der Waals surface area contributed by atoms with Gasteiger partial charge in [-0.3, -0.25) is 9.59 Å². The molecule has 0 fully saturated rings. The van der Waals surface area contributed by atoms with Gasteiger partial charge in [-0.15, -0.1) is 0 Å². The molecule has 2 aromatic rings. The molecule has 19 heavy (non-hydrogen) atoms. The van der Waals surface area contributed by atoms with E-state index in [1.54, 1.807) is 13.0 Å². The fourth-order valence-electron chi connectivity index (χ4n) is 2.05. The molecule has 98 valence electrons. The third kappa shape index (κ3) is 2.99. The lowest BCUT2D eigenvalue weighted by molar-refractivity contribution is -0.141. The van der Waals surface area contributed by atoms with Gasteiger partial charge in [-0.1, -0.05) is 43.3 Å². The molecular formula is C16H16O3. The van der Waals surface area contributed by atoms with Crippen molar-refractivity contribution in [3.05, 3.63) is 48.0 Å². The number of benzene rings is 2. The van der Waals surface area contributed by atoms with Gasteiger partial charge in [0.1, 0.15) is 0 Å². The lowest BCUT2D eigenvalue weighted by atomic mass is 9.95. The van der Waals surface area contributed by atoms with Crippen molar-refractivity contribution < 1.29 is 14.3 Å². The molecule has 0 radical (unpaired) electrons. The Morgan fingerprint density at radius 1 is 1.11 bits per heavy atom. The Morgan fingerprint density at radius 2 is 1.79 bits per heavy atom. The van der Waals surface area contributed by atoms with Crippen molar-refractivity contribution in [1.29, 1.82) is 0 Å². The molecule has 0 aliphatic heterocycles. The average Bonchev–Trinajstić information content (AvgIpc) is 2.45. The van der Waals surface area contributed by atoms with Gasteiger partial charge in [-0.05, 0) is 16.8 Å². The predicted octanol–water partition coefficient (Wildman–Crippen LogP) is 3.22. The molecule has 3 nitrogen and oxygen atoms in total. The summed E-state index contributed by atoms with van der Waals surface area (Å²) in [5.41, 5.74) is 0.634. The zero-order valence-electron chi connectivity index (χ0n) is 11.1. The summed E-state index contributed by atoms with van der Waals surface area (Å²) in [4.78, 5) is 23.4. The molecule has 0 saturated carbocycles. The normalized spacial score (nSPS) is 12.1. The summed E-state index contributed by atoms with van der Waals surface area (Å²) in [5.74, 6) is -0.758. The molecule has 0 aliphatic carbocycles. The van der Waals surface area contributed by atoms with Gasteiger partial charge in [0.2, 0.25) is 0 Å². The minimum absolute atomic E-state index is 0.0313. The summed E-state index contributed by atoms with van der Waals surface area (Å²) < 4.78 is 4.59. The lowest BCUT2D eigenvalue weighted by Gasteiger charge is -2.09. The first-order valence-electron chi connectivity index (χ1n) is 6.21. The number of carbonyl (C=O) groups is 2. The second-order valence-corrected chi connectivity index (χ2v) is 4.61. The van der Waals surface area contributed by atoms with E-state index in [1.165, 1.54) is 7.11 Å². The zero-order valence-corrected chi connectivity index (χ0v) is 11.1. The summed E-state index contributed by atoms with van der Waals surface area (Å²) >= 11 is 0. The number of ether oxygens (including phenoxy) is 1. The molecule has 3 heteroatoms. The zero-order chi connectivity index (χ0) is 13.8. The minimum atomic E-state index is -0.367. The van der Waals surface area contributed by atoms with Crippen molar-refractivity contribution in [2.45, 2.75) is 13.3 Å². The molecule has 0 aliphatic rings. The summed E-state index contributed by atoms with van der Waals surface area (Å²) in [6, 6.07) is 13.5. The van der Waals surface area contributed by atoms with Crippen LogP contribution in [0.4, 0.5) is 0 Å². The van der Waals surface area contributed by atoms with Crippen LogP contribution in [-0.4, -0.2) is 18.9 Å². The Labute approximate surface area is 112 Å². The maximum absolute atomic E-state index is 12.2. The van der Waals surface area contributed by atoms with E-state index in [0.717, 1.165) is 10.8 Å². The fraction of sp³-hybridized carbons (Fsp3) is 0.250. The molecule has 1 unspecified atom stereocenters. The lowest BCUT2D eigenvalue weighted by Crippen LogP contribution is -2.16. The van der Waals surface area contributed by atoms with E-state index in [4.69, 9.17) is 0 Å². The first-order valence-corrected chi connectivity index (χ1v) is 6.21. The number of Topliss-reactive ketones (excluding diaryl/α,β-unsaturated/α-hetero) is 1. The number of hydrogen-bond acceptors (Lipinski definition) is 3. The van der Waals surface area contributed by atoms with Gasteiger partial charge in [0, 0.05) is 11.5 Å². The Morgan fingerprint density at radius 3 is 2.47 bits per heavy atom. The second-order valence-electron chi connectivity index (χ2n) is 4.61. The predicted molar refractivity (Wildman–Crippen MR) is 74.1 cm³/mol. The van der Waals surface area contributed by atoms with Crippen LogP contribution >= 0.6 is 0 Å². The topological polar surface area (TPSA) is 43.4 Å². The largest absolute Gasteiger partial charge is 0.469 e. The highest BCUT2D eigenvalue weighted by Gasteiger charge is 2.19. The Kier molecular flexibility index (Phi) is 3.95. The van der Waals surface area contributed by atoms with Gasteiger partial charge in [-0.25, -0.2) is 0 Å².